The molecule has 0 fully saturated rings. The van der Waals surface area contributed by atoms with E-state index in [4.69, 9.17) is 33.4 Å². The third kappa shape index (κ3) is 2.76. The van der Waals surface area contributed by atoms with Gasteiger partial charge in [-0.2, -0.15) is 0 Å². The highest BCUT2D eigenvalue weighted by Gasteiger charge is 2.13. The monoisotopic (exact) mass is 310 g/mol. The van der Waals surface area contributed by atoms with E-state index in [1.165, 1.54) is 30.3 Å². The zero-order chi connectivity index (χ0) is 14.9. The average Bonchev–Trinajstić information content (AvgIpc) is 2.39. The Kier molecular flexibility index (Phi) is 3.97. The van der Waals surface area contributed by atoms with E-state index in [9.17, 15) is 9.59 Å². The number of rotatable bonds is 3. The van der Waals surface area contributed by atoms with Crippen molar-refractivity contribution in [3.05, 3.63) is 57.6 Å². The molecular weight excluding hydrogens is 303 g/mol. The Bertz CT molecular complexity index is 710. The van der Waals surface area contributed by atoms with Gasteiger partial charge in [0.05, 0.1) is 16.1 Å². The van der Waals surface area contributed by atoms with Crippen LogP contribution in [0.3, 0.4) is 0 Å². The standard InChI is InChI=1S/C14H8Cl2O4/c15-11-4-2-8(13(17)18)6-9(11)7-1-3-12(16)10(5-7)14(19)20/h1-6H,(H,17,18)(H,19,20). The molecule has 20 heavy (non-hydrogen) atoms. The van der Waals surface area contributed by atoms with E-state index in [2.05, 4.69) is 0 Å². The van der Waals surface area contributed by atoms with Gasteiger partial charge in [-0.1, -0.05) is 29.3 Å². The third-order valence-electron chi connectivity index (χ3n) is 2.72. The number of halogens is 2. The van der Waals surface area contributed by atoms with Gasteiger partial charge in [0.1, 0.15) is 0 Å². The van der Waals surface area contributed by atoms with Gasteiger partial charge >= 0.3 is 11.9 Å². The molecule has 0 bridgehead atoms. The Hall–Kier alpha value is -2.04. The van der Waals surface area contributed by atoms with Crippen molar-refractivity contribution < 1.29 is 19.8 Å². The molecule has 6 heteroatoms. The Balaban J connectivity index is 2.62. The lowest BCUT2D eigenvalue weighted by Crippen LogP contribution is -1.99. The Morgan fingerprint density at radius 2 is 1.50 bits per heavy atom. The Labute approximate surface area is 124 Å². The fourth-order valence-corrected chi connectivity index (χ4v) is 2.16. The molecule has 0 saturated carbocycles. The molecule has 4 nitrogen and oxygen atoms in total. The van der Waals surface area contributed by atoms with Crippen molar-refractivity contribution in [2.45, 2.75) is 0 Å². The summed E-state index contributed by atoms with van der Waals surface area (Å²) in [6.07, 6.45) is 0. The van der Waals surface area contributed by atoms with Gasteiger partial charge < -0.3 is 10.2 Å². The van der Waals surface area contributed by atoms with Crippen molar-refractivity contribution in [3.63, 3.8) is 0 Å². The van der Waals surface area contributed by atoms with Gasteiger partial charge in [0, 0.05) is 10.6 Å². The van der Waals surface area contributed by atoms with E-state index in [0.717, 1.165) is 0 Å². The summed E-state index contributed by atoms with van der Waals surface area (Å²) in [6.45, 7) is 0. The summed E-state index contributed by atoms with van der Waals surface area (Å²) < 4.78 is 0. The minimum absolute atomic E-state index is 0.0659. The molecular formula is C14H8Cl2O4. The van der Waals surface area contributed by atoms with Crippen LogP contribution in [0.2, 0.25) is 10.0 Å². The van der Waals surface area contributed by atoms with Gasteiger partial charge in [0.25, 0.3) is 0 Å². The summed E-state index contributed by atoms with van der Waals surface area (Å²) in [5.74, 6) is -2.25. The highest BCUT2D eigenvalue weighted by molar-refractivity contribution is 6.34. The molecule has 0 radical (unpaired) electrons. The molecule has 2 rings (SSSR count). The maximum atomic E-state index is 11.1. The first-order chi connectivity index (χ1) is 9.40. The number of aromatic carboxylic acids is 2. The number of benzene rings is 2. The smallest absolute Gasteiger partial charge is 0.337 e. The maximum Gasteiger partial charge on any atom is 0.337 e. The van der Waals surface area contributed by atoms with Crippen molar-refractivity contribution in [2.24, 2.45) is 0 Å². The summed E-state index contributed by atoms with van der Waals surface area (Å²) in [6, 6.07) is 8.60. The predicted octanol–water partition coefficient (Wildman–Crippen LogP) is 4.06. The van der Waals surface area contributed by atoms with Crippen LogP contribution in [-0.2, 0) is 0 Å². The molecule has 0 unspecified atom stereocenters. The van der Waals surface area contributed by atoms with Crippen molar-refractivity contribution in [3.8, 4) is 11.1 Å². The third-order valence-corrected chi connectivity index (χ3v) is 3.38. The molecule has 2 N–H and O–H groups in total. The zero-order valence-corrected chi connectivity index (χ0v) is 11.4. The SMILES string of the molecule is O=C(O)c1ccc(Cl)c(-c2ccc(Cl)c(C(=O)O)c2)c1. The topological polar surface area (TPSA) is 74.6 Å². The summed E-state index contributed by atoms with van der Waals surface area (Å²) in [5.41, 5.74) is 0.919. The van der Waals surface area contributed by atoms with Crippen molar-refractivity contribution in [1.82, 2.24) is 0 Å². The van der Waals surface area contributed by atoms with Crippen LogP contribution in [0.15, 0.2) is 36.4 Å². The van der Waals surface area contributed by atoms with Crippen LogP contribution in [0.1, 0.15) is 20.7 Å². The number of carbonyl (C=O) groups is 2. The first-order valence-electron chi connectivity index (χ1n) is 5.46. The second-order valence-electron chi connectivity index (χ2n) is 4.00. The molecule has 102 valence electrons. The molecule has 2 aromatic carbocycles. The number of carboxylic acid groups (broad SMARTS) is 2. The molecule has 0 aliphatic rings. The van der Waals surface area contributed by atoms with Gasteiger partial charge in [-0.15, -0.1) is 0 Å². The summed E-state index contributed by atoms with van der Waals surface area (Å²) >= 11 is 11.8. The van der Waals surface area contributed by atoms with E-state index in [1.807, 2.05) is 0 Å². The summed E-state index contributed by atoms with van der Waals surface area (Å²) in [7, 11) is 0. The fourth-order valence-electron chi connectivity index (χ4n) is 1.74. The predicted molar refractivity (Wildman–Crippen MR) is 75.8 cm³/mol. The van der Waals surface area contributed by atoms with E-state index in [0.29, 0.717) is 16.1 Å². The maximum absolute atomic E-state index is 11.1. The van der Waals surface area contributed by atoms with Crippen LogP contribution < -0.4 is 0 Å². The molecule has 0 aliphatic carbocycles. The Morgan fingerprint density at radius 3 is 2.10 bits per heavy atom. The highest BCUT2D eigenvalue weighted by atomic mass is 35.5. The summed E-state index contributed by atoms with van der Waals surface area (Å²) in [4.78, 5) is 22.0. The van der Waals surface area contributed by atoms with E-state index in [-0.39, 0.29) is 16.1 Å². The van der Waals surface area contributed by atoms with Crippen LogP contribution >= 0.6 is 23.2 Å². The molecule has 0 aliphatic heterocycles. The second-order valence-corrected chi connectivity index (χ2v) is 4.81. The van der Waals surface area contributed by atoms with Crippen LogP contribution in [0, 0.1) is 0 Å². The zero-order valence-electron chi connectivity index (χ0n) is 9.93. The molecule has 0 aromatic heterocycles. The molecule has 0 amide bonds. The quantitative estimate of drug-likeness (QED) is 0.896. The van der Waals surface area contributed by atoms with Crippen LogP contribution in [-0.4, -0.2) is 22.2 Å². The van der Waals surface area contributed by atoms with Crippen LogP contribution in [0.25, 0.3) is 11.1 Å². The average molecular weight is 311 g/mol. The van der Waals surface area contributed by atoms with E-state index in [1.54, 1.807) is 6.07 Å². The van der Waals surface area contributed by atoms with Crippen molar-refractivity contribution in [2.75, 3.05) is 0 Å². The van der Waals surface area contributed by atoms with Crippen LogP contribution in [0.4, 0.5) is 0 Å². The number of hydrogen-bond acceptors (Lipinski definition) is 2. The van der Waals surface area contributed by atoms with Crippen LogP contribution in [0.5, 0.6) is 0 Å². The minimum atomic E-state index is -1.16. The van der Waals surface area contributed by atoms with E-state index < -0.39 is 11.9 Å². The molecule has 0 atom stereocenters. The first-order valence-corrected chi connectivity index (χ1v) is 6.22. The molecule has 0 saturated heterocycles. The Morgan fingerprint density at radius 1 is 0.850 bits per heavy atom. The lowest BCUT2D eigenvalue weighted by atomic mass is 10.0. The van der Waals surface area contributed by atoms with Crippen molar-refractivity contribution >= 4 is 35.1 Å². The lowest BCUT2D eigenvalue weighted by molar-refractivity contribution is 0.0686. The summed E-state index contributed by atoms with van der Waals surface area (Å²) in [5, 5.41) is 18.4. The lowest BCUT2D eigenvalue weighted by Gasteiger charge is -2.08. The van der Waals surface area contributed by atoms with Gasteiger partial charge in [-0.25, -0.2) is 9.59 Å². The second kappa shape index (κ2) is 5.53. The van der Waals surface area contributed by atoms with Gasteiger partial charge in [-0.3, -0.25) is 0 Å². The number of carboxylic acids is 2. The van der Waals surface area contributed by atoms with E-state index >= 15 is 0 Å². The normalized spacial score (nSPS) is 10.3. The van der Waals surface area contributed by atoms with Gasteiger partial charge in [0.2, 0.25) is 0 Å². The van der Waals surface area contributed by atoms with Gasteiger partial charge in [0.15, 0.2) is 0 Å². The van der Waals surface area contributed by atoms with Gasteiger partial charge in [-0.05, 0) is 35.9 Å². The minimum Gasteiger partial charge on any atom is -0.478 e. The number of hydrogen-bond donors (Lipinski definition) is 2. The fraction of sp³-hybridized carbons (Fsp3) is 0. The molecule has 0 spiro atoms. The van der Waals surface area contributed by atoms with Crippen molar-refractivity contribution in [1.29, 1.82) is 0 Å². The molecule has 0 heterocycles. The largest absolute Gasteiger partial charge is 0.478 e. The highest BCUT2D eigenvalue weighted by Crippen LogP contribution is 2.31. The molecule has 2 aromatic rings. The first kappa shape index (κ1) is 14.4.